The van der Waals surface area contributed by atoms with Crippen LogP contribution in [0.5, 0.6) is 0 Å². The number of imidazole rings is 1. The summed E-state index contributed by atoms with van der Waals surface area (Å²) in [6.45, 7) is 34.5. The van der Waals surface area contributed by atoms with Crippen LogP contribution in [0, 0.1) is 6.33 Å². The summed E-state index contributed by atoms with van der Waals surface area (Å²) in [5, 5.41) is 2.50. The topological polar surface area (TPSA) is 22.9 Å². The molecule has 0 aliphatic rings. The first-order valence-electron chi connectivity index (χ1n) is 18.2. The molecular formula is C47H60AuN3-. The van der Waals surface area contributed by atoms with Crippen molar-refractivity contribution in [3.05, 3.63) is 125 Å². The summed E-state index contributed by atoms with van der Waals surface area (Å²) >= 11 is 0. The van der Waals surface area contributed by atoms with E-state index in [9.17, 15) is 0 Å². The number of hydrogen-bond donors (Lipinski definition) is 0. The first-order valence-corrected chi connectivity index (χ1v) is 18.2. The van der Waals surface area contributed by atoms with E-state index in [0.717, 1.165) is 11.0 Å². The molecule has 0 saturated carbocycles. The summed E-state index contributed by atoms with van der Waals surface area (Å²) < 4.78 is 4.51. The SMILES string of the molecule is CC(C)(C)c1cc(-n2[c-][n+](-c3cc(C(C)(C)C)cc(C(C)(C)C)c3)c(C(C)(C)C)c2)cc(C(C)(C)C)c1.[Au].c1ccc2c(c1)[n-]c1ccccc12. The molecule has 0 amide bonds. The zero-order valence-corrected chi connectivity index (χ0v) is 36.0. The third kappa shape index (κ3) is 9.17. The molecule has 0 fully saturated rings. The minimum atomic E-state index is -0.0458. The van der Waals surface area contributed by atoms with Gasteiger partial charge in [-0.1, -0.05) is 165 Å². The van der Waals surface area contributed by atoms with E-state index in [1.54, 1.807) is 0 Å². The molecule has 4 heteroatoms. The monoisotopic (exact) mass is 863 g/mol. The van der Waals surface area contributed by atoms with Gasteiger partial charge in [0.15, 0.2) is 0 Å². The fraction of sp³-hybridized carbons (Fsp3) is 0.426. The van der Waals surface area contributed by atoms with Gasteiger partial charge in [-0.05, 0) is 84.4 Å². The van der Waals surface area contributed by atoms with Gasteiger partial charge in [-0.15, -0.1) is 11.0 Å². The van der Waals surface area contributed by atoms with E-state index in [2.05, 4.69) is 203 Å². The van der Waals surface area contributed by atoms with Gasteiger partial charge in [0.25, 0.3) is 6.33 Å². The number of fused-ring (bicyclic) bond motifs is 3. The van der Waals surface area contributed by atoms with Crippen LogP contribution in [-0.4, -0.2) is 4.57 Å². The van der Waals surface area contributed by atoms with E-state index >= 15 is 0 Å². The number of rotatable bonds is 2. The minimum Gasteiger partial charge on any atom is -0.657 e. The summed E-state index contributed by atoms with van der Waals surface area (Å²) in [6.07, 6.45) is 6.06. The van der Waals surface area contributed by atoms with E-state index in [4.69, 9.17) is 0 Å². The molecular weight excluding hydrogens is 804 g/mol. The summed E-state index contributed by atoms with van der Waals surface area (Å²) in [5.74, 6) is 0. The zero-order valence-electron chi connectivity index (χ0n) is 33.8. The maximum absolute atomic E-state index is 4.52. The van der Waals surface area contributed by atoms with Crippen LogP contribution in [0.15, 0.2) is 91.1 Å². The fourth-order valence-corrected chi connectivity index (χ4v) is 6.18. The normalized spacial score (nSPS) is 12.8. The first kappa shape index (κ1) is 40.4. The van der Waals surface area contributed by atoms with Crippen LogP contribution in [-0.2, 0) is 49.5 Å². The van der Waals surface area contributed by atoms with Gasteiger partial charge >= 0.3 is 0 Å². The molecule has 6 aromatic rings. The Morgan fingerprint density at radius 2 is 0.863 bits per heavy atom. The third-order valence-electron chi connectivity index (χ3n) is 9.64. The fourth-order valence-electron chi connectivity index (χ4n) is 6.18. The molecule has 0 bridgehead atoms. The number of nitrogens with zero attached hydrogens (tertiary/aromatic N) is 3. The van der Waals surface area contributed by atoms with Gasteiger partial charge in [0.2, 0.25) is 0 Å². The van der Waals surface area contributed by atoms with E-state index in [0.29, 0.717) is 0 Å². The molecule has 2 heterocycles. The predicted molar refractivity (Wildman–Crippen MR) is 214 cm³/mol. The maximum atomic E-state index is 4.52. The second kappa shape index (κ2) is 14.2. The minimum absolute atomic E-state index is 0. The average Bonchev–Trinajstić information content (AvgIpc) is 3.62. The standard InChI is InChI=1S/C35H52N2.C12H8N.Au/c1-31(2,3)24-16-25(32(4,5)6)19-28(18-24)36-22-30(35(13,14)15)37(23-36)29-20-26(33(7,8)9)17-27(21-29)34(10,11)12;1-3-7-11-9(5-1)10-6-2-4-8-12(10)13-11;/h16-22H,1-15H3;1-8H;/q;-1;. The molecule has 275 valence electrons. The molecule has 0 spiro atoms. The Hall–Kier alpha value is -3.37. The van der Waals surface area contributed by atoms with Gasteiger partial charge in [-0.3, -0.25) is 9.13 Å². The Balaban J connectivity index is 0.000000343. The zero-order chi connectivity index (χ0) is 37.0. The van der Waals surface area contributed by atoms with Crippen LogP contribution in [0.25, 0.3) is 33.2 Å². The summed E-state index contributed by atoms with van der Waals surface area (Å²) in [5.41, 5.74) is 11.4. The number of hydrogen-bond acceptors (Lipinski definition) is 0. The van der Waals surface area contributed by atoms with E-state index < -0.39 is 0 Å². The van der Waals surface area contributed by atoms with Gasteiger partial charge in [-0.2, -0.15) is 0 Å². The molecule has 0 N–H and O–H groups in total. The second-order valence-electron chi connectivity index (χ2n) is 19.3. The quantitative estimate of drug-likeness (QED) is 0.0966. The van der Waals surface area contributed by atoms with Crippen LogP contribution in [0.3, 0.4) is 0 Å². The third-order valence-corrected chi connectivity index (χ3v) is 9.64. The molecule has 0 atom stereocenters. The Labute approximate surface area is 324 Å². The van der Waals surface area contributed by atoms with Crippen molar-refractivity contribution in [3.63, 3.8) is 0 Å². The average molecular weight is 864 g/mol. The molecule has 0 unspecified atom stereocenters. The van der Waals surface area contributed by atoms with Gasteiger partial charge in [0, 0.05) is 28.6 Å². The van der Waals surface area contributed by atoms with E-state index in [1.165, 1.54) is 50.1 Å². The molecule has 0 saturated heterocycles. The van der Waals surface area contributed by atoms with Crippen LogP contribution in [0.4, 0.5) is 0 Å². The Kier molecular flexibility index (Phi) is 11.3. The van der Waals surface area contributed by atoms with Crippen LogP contribution in [0.2, 0.25) is 0 Å². The number of aromatic nitrogens is 3. The Morgan fingerprint density at radius 3 is 1.24 bits per heavy atom. The summed E-state index contributed by atoms with van der Waals surface area (Å²) in [7, 11) is 0. The molecule has 51 heavy (non-hydrogen) atoms. The van der Waals surface area contributed by atoms with Crippen molar-refractivity contribution in [1.82, 2.24) is 9.55 Å². The van der Waals surface area contributed by atoms with Gasteiger partial charge in [0.05, 0.1) is 17.1 Å². The van der Waals surface area contributed by atoms with Crippen molar-refractivity contribution >= 4 is 21.8 Å². The van der Waals surface area contributed by atoms with Crippen LogP contribution < -0.4 is 9.55 Å². The Bertz CT molecular complexity index is 2010. The molecule has 4 aromatic carbocycles. The molecule has 2 aromatic heterocycles. The van der Waals surface area contributed by atoms with E-state index in [1.807, 2.05) is 12.1 Å². The van der Waals surface area contributed by atoms with Crippen molar-refractivity contribution in [3.8, 4) is 11.4 Å². The van der Waals surface area contributed by atoms with Crippen LogP contribution >= 0.6 is 0 Å². The van der Waals surface area contributed by atoms with Crippen molar-refractivity contribution in [2.75, 3.05) is 0 Å². The summed E-state index contributed by atoms with van der Waals surface area (Å²) in [6, 6.07) is 30.7. The first-order chi connectivity index (χ1) is 22.9. The molecule has 0 aliphatic carbocycles. The second-order valence-corrected chi connectivity index (χ2v) is 19.3. The molecule has 3 nitrogen and oxygen atoms in total. The maximum Gasteiger partial charge on any atom is 0.269 e. The van der Waals surface area contributed by atoms with Gasteiger partial charge in [0.1, 0.15) is 0 Å². The van der Waals surface area contributed by atoms with Crippen molar-refractivity contribution in [2.24, 2.45) is 0 Å². The largest absolute Gasteiger partial charge is 0.657 e. The smallest absolute Gasteiger partial charge is 0.269 e. The summed E-state index contributed by atoms with van der Waals surface area (Å²) in [4.78, 5) is 4.52. The van der Waals surface area contributed by atoms with Crippen molar-refractivity contribution in [1.29, 1.82) is 0 Å². The molecule has 6 rings (SSSR count). The van der Waals surface area contributed by atoms with Crippen molar-refractivity contribution in [2.45, 2.75) is 131 Å². The molecule has 0 aliphatic heterocycles. The van der Waals surface area contributed by atoms with Crippen molar-refractivity contribution < 1.29 is 26.9 Å². The van der Waals surface area contributed by atoms with E-state index in [-0.39, 0.29) is 49.5 Å². The molecule has 1 radical (unpaired) electrons. The van der Waals surface area contributed by atoms with Gasteiger partial charge < -0.3 is 4.98 Å². The number of benzene rings is 4. The van der Waals surface area contributed by atoms with Gasteiger partial charge in [-0.25, -0.2) is 0 Å². The Morgan fingerprint density at radius 1 is 0.490 bits per heavy atom. The predicted octanol–water partition coefficient (Wildman–Crippen LogP) is 12.0. The van der Waals surface area contributed by atoms with Crippen LogP contribution in [0.1, 0.15) is 132 Å². The number of para-hydroxylation sites is 2.